The van der Waals surface area contributed by atoms with E-state index in [-0.39, 0.29) is 6.10 Å². The summed E-state index contributed by atoms with van der Waals surface area (Å²) in [5, 5.41) is 9.72. The maximum Gasteiger partial charge on any atom is 0.126 e. The quantitative estimate of drug-likeness (QED) is 0.562. The first-order chi connectivity index (χ1) is 12.8. The summed E-state index contributed by atoms with van der Waals surface area (Å²) in [6.07, 6.45) is 8.29. The standard InChI is InChI=1S/C23H29NO2/c25-22-12-8-17-24(19-22)16-6-7-18-26-23-13-5-4-11-21(23)15-14-20-9-2-1-3-10-20/h1-5,9-11,13-15,22,25H,6-8,12,16-19H2/b15-14+. The first-order valence-electron chi connectivity index (χ1n) is 9.66. The fourth-order valence-electron chi connectivity index (χ4n) is 3.35. The Kier molecular flexibility index (Phi) is 7.29. The molecule has 26 heavy (non-hydrogen) atoms. The van der Waals surface area contributed by atoms with Crippen LogP contribution < -0.4 is 4.74 Å². The molecule has 1 atom stereocenters. The predicted molar refractivity (Wildman–Crippen MR) is 108 cm³/mol. The predicted octanol–water partition coefficient (Wildman–Crippen LogP) is 4.47. The smallest absolute Gasteiger partial charge is 0.126 e. The summed E-state index contributed by atoms with van der Waals surface area (Å²) in [6.45, 7) is 3.72. The Labute approximate surface area is 156 Å². The average molecular weight is 351 g/mol. The molecule has 3 rings (SSSR count). The van der Waals surface area contributed by atoms with E-state index in [4.69, 9.17) is 4.74 Å². The Morgan fingerprint density at radius 1 is 1.00 bits per heavy atom. The van der Waals surface area contributed by atoms with Crippen LogP contribution in [-0.2, 0) is 0 Å². The van der Waals surface area contributed by atoms with Crippen LogP contribution in [0.2, 0.25) is 0 Å². The molecule has 1 heterocycles. The molecular formula is C23H29NO2. The zero-order valence-electron chi connectivity index (χ0n) is 15.4. The highest BCUT2D eigenvalue weighted by Crippen LogP contribution is 2.21. The maximum atomic E-state index is 9.72. The van der Waals surface area contributed by atoms with E-state index in [0.29, 0.717) is 0 Å². The molecule has 1 N–H and O–H groups in total. The van der Waals surface area contributed by atoms with Gasteiger partial charge in [0.2, 0.25) is 0 Å². The summed E-state index contributed by atoms with van der Waals surface area (Å²) in [5.74, 6) is 0.938. The summed E-state index contributed by atoms with van der Waals surface area (Å²) in [7, 11) is 0. The fraction of sp³-hybridized carbons (Fsp3) is 0.391. The van der Waals surface area contributed by atoms with Crippen LogP contribution in [0.5, 0.6) is 5.75 Å². The number of aliphatic hydroxyl groups is 1. The number of ether oxygens (including phenoxy) is 1. The fourth-order valence-corrected chi connectivity index (χ4v) is 3.35. The number of rotatable bonds is 8. The number of hydrogen-bond donors (Lipinski definition) is 1. The van der Waals surface area contributed by atoms with Gasteiger partial charge in [0.15, 0.2) is 0 Å². The number of likely N-dealkylation sites (tertiary alicyclic amines) is 1. The van der Waals surface area contributed by atoms with Gasteiger partial charge in [-0.1, -0.05) is 60.7 Å². The highest BCUT2D eigenvalue weighted by atomic mass is 16.5. The minimum Gasteiger partial charge on any atom is -0.493 e. The molecule has 0 bridgehead atoms. The minimum absolute atomic E-state index is 0.136. The van der Waals surface area contributed by atoms with Crippen molar-refractivity contribution in [2.24, 2.45) is 0 Å². The van der Waals surface area contributed by atoms with Crippen molar-refractivity contribution in [2.45, 2.75) is 31.8 Å². The van der Waals surface area contributed by atoms with Gasteiger partial charge < -0.3 is 14.7 Å². The van der Waals surface area contributed by atoms with Crippen molar-refractivity contribution < 1.29 is 9.84 Å². The highest BCUT2D eigenvalue weighted by molar-refractivity contribution is 5.72. The van der Waals surface area contributed by atoms with E-state index in [1.54, 1.807) is 0 Å². The molecule has 138 valence electrons. The second-order valence-electron chi connectivity index (χ2n) is 6.93. The zero-order valence-corrected chi connectivity index (χ0v) is 15.4. The summed E-state index contributed by atoms with van der Waals surface area (Å²) < 4.78 is 6.02. The Balaban J connectivity index is 1.44. The lowest BCUT2D eigenvalue weighted by atomic mass is 10.1. The van der Waals surface area contributed by atoms with Crippen LogP contribution in [0.1, 0.15) is 36.8 Å². The van der Waals surface area contributed by atoms with Crippen molar-refractivity contribution in [3.05, 3.63) is 65.7 Å². The lowest BCUT2D eigenvalue weighted by molar-refractivity contribution is 0.0693. The first kappa shape index (κ1) is 18.7. The number of unbranched alkanes of at least 4 members (excludes halogenated alkanes) is 1. The number of nitrogens with zero attached hydrogens (tertiary/aromatic N) is 1. The second kappa shape index (κ2) is 10.1. The molecule has 1 unspecified atom stereocenters. The van der Waals surface area contributed by atoms with Crippen LogP contribution in [0.15, 0.2) is 54.6 Å². The van der Waals surface area contributed by atoms with Crippen molar-refractivity contribution >= 4 is 12.2 Å². The number of β-amino-alcohol motifs (C(OH)–C–C–N with tert-alkyl or cyclic N) is 1. The number of aliphatic hydroxyl groups excluding tert-OH is 1. The van der Waals surface area contributed by atoms with E-state index in [1.807, 2.05) is 36.4 Å². The topological polar surface area (TPSA) is 32.7 Å². The SMILES string of the molecule is OC1CCCN(CCCCOc2ccccc2/C=C/c2ccccc2)C1. The van der Waals surface area contributed by atoms with Crippen molar-refractivity contribution in [1.82, 2.24) is 4.90 Å². The van der Waals surface area contributed by atoms with E-state index in [2.05, 4.69) is 35.3 Å². The zero-order chi connectivity index (χ0) is 18.0. The van der Waals surface area contributed by atoms with Gasteiger partial charge in [-0.05, 0) is 50.4 Å². The molecule has 1 aliphatic rings. The van der Waals surface area contributed by atoms with E-state index in [1.165, 1.54) is 5.56 Å². The van der Waals surface area contributed by atoms with E-state index in [9.17, 15) is 5.11 Å². The molecule has 0 aliphatic carbocycles. The first-order valence-corrected chi connectivity index (χ1v) is 9.66. The summed E-state index contributed by atoms with van der Waals surface area (Å²) in [5.41, 5.74) is 2.29. The van der Waals surface area contributed by atoms with Crippen molar-refractivity contribution in [3.63, 3.8) is 0 Å². The second-order valence-corrected chi connectivity index (χ2v) is 6.93. The van der Waals surface area contributed by atoms with Gasteiger partial charge >= 0.3 is 0 Å². The van der Waals surface area contributed by atoms with Crippen molar-refractivity contribution in [3.8, 4) is 5.75 Å². The van der Waals surface area contributed by atoms with Crippen molar-refractivity contribution in [2.75, 3.05) is 26.2 Å². The maximum absolute atomic E-state index is 9.72. The monoisotopic (exact) mass is 351 g/mol. The van der Waals surface area contributed by atoms with Gasteiger partial charge in [0.25, 0.3) is 0 Å². The molecule has 1 fully saturated rings. The van der Waals surface area contributed by atoms with Crippen LogP contribution >= 0.6 is 0 Å². The Morgan fingerprint density at radius 3 is 2.65 bits per heavy atom. The van der Waals surface area contributed by atoms with Gasteiger partial charge in [-0.25, -0.2) is 0 Å². The third-order valence-electron chi connectivity index (χ3n) is 4.78. The van der Waals surface area contributed by atoms with Gasteiger partial charge in [-0.15, -0.1) is 0 Å². The Hall–Kier alpha value is -2.10. The third-order valence-corrected chi connectivity index (χ3v) is 4.78. The van der Waals surface area contributed by atoms with E-state index < -0.39 is 0 Å². The number of piperidine rings is 1. The highest BCUT2D eigenvalue weighted by Gasteiger charge is 2.16. The largest absolute Gasteiger partial charge is 0.493 e. The van der Waals surface area contributed by atoms with Gasteiger partial charge in [-0.2, -0.15) is 0 Å². The molecule has 0 amide bonds. The van der Waals surface area contributed by atoms with E-state index in [0.717, 1.165) is 63.2 Å². The van der Waals surface area contributed by atoms with Gasteiger partial charge in [0.05, 0.1) is 12.7 Å². The summed E-state index contributed by atoms with van der Waals surface area (Å²) >= 11 is 0. The normalized spacial score (nSPS) is 18.3. The minimum atomic E-state index is -0.136. The lowest BCUT2D eigenvalue weighted by Gasteiger charge is -2.29. The summed E-state index contributed by atoms with van der Waals surface area (Å²) in [4.78, 5) is 2.37. The van der Waals surface area contributed by atoms with Crippen LogP contribution in [0.3, 0.4) is 0 Å². The number of para-hydroxylation sites is 1. The molecule has 0 saturated carbocycles. The summed E-state index contributed by atoms with van der Waals surface area (Å²) in [6, 6.07) is 18.5. The van der Waals surface area contributed by atoms with Gasteiger partial charge in [0.1, 0.15) is 5.75 Å². The molecule has 2 aromatic carbocycles. The third kappa shape index (κ3) is 6.01. The van der Waals surface area contributed by atoms with E-state index >= 15 is 0 Å². The Morgan fingerprint density at radius 2 is 1.81 bits per heavy atom. The molecule has 0 spiro atoms. The van der Waals surface area contributed by atoms with Crippen LogP contribution in [-0.4, -0.2) is 42.4 Å². The molecule has 1 saturated heterocycles. The molecule has 3 heteroatoms. The van der Waals surface area contributed by atoms with Crippen molar-refractivity contribution in [1.29, 1.82) is 0 Å². The molecule has 3 nitrogen and oxygen atoms in total. The molecular weight excluding hydrogens is 322 g/mol. The molecule has 0 radical (unpaired) electrons. The molecule has 2 aromatic rings. The van der Waals surface area contributed by atoms with Crippen LogP contribution in [0.4, 0.5) is 0 Å². The molecule has 0 aromatic heterocycles. The number of hydrogen-bond acceptors (Lipinski definition) is 3. The number of benzene rings is 2. The lowest BCUT2D eigenvalue weighted by Crippen LogP contribution is -2.38. The average Bonchev–Trinajstić information content (AvgIpc) is 2.68. The van der Waals surface area contributed by atoms with Gasteiger partial charge in [0, 0.05) is 12.1 Å². The van der Waals surface area contributed by atoms with Gasteiger partial charge in [-0.3, -0.25) is 0 Å². The Bertz CT molecular complexity index is 684. The molecule has 1 aliphatic heterocycles. The van der Waals surface area contributed by atoms with Crippen LogP contribution in [0.25, 0.3) is 12.2 Å². The van der Waals surface area contributed by atoms with Crippen LogP contribution in [0, 0.1) is 0 Å².